The monoisotopic (exact) mass is 277 g/mol. The second kappa shape index (κ2) is 5.24. The molecular weight excluding hydrogens is 262 g/mol. The van der Waals surface area contributed by atoms with Gasteiger partial charge >= 0.3 is 5.97 Å². The van der Waals surface area contributed by atoms with Gasteiger partial charge in [-0.1, -0.05) is 6.92 Å². The van der Waals surface area contributed by atoms with E-state index in [1.165, 1.54) is 4.52 Å². The van der Waals surface area contributed by atoms with Gasteiger partial charge in [-0.3, -0.25) is 4.79 Å². The van der Waals surface area contributed by atoms with Gasteiger partial charge in [0.05, 0.1) is 0 Å². The summed E-state index contributed by atoms with van der Waals surface area (Å²) in [5.41, 5.74) is 1.57. The van der Waals surface area contributed by atoms with Crippen LogP contribution in [0.2, 0.25) is 0 Å². The number of aryl methyl sites for hydroxylation is 2. The van der Waals surface area contributed by atoms with E-state index in [9.17, 15) is 9.59 Å². The van der Waals surface area contributed by atoms with Crippen molar-refractivity contribution in [3.8, 4) is 0 Å². The molecule has 0 aliphatic carbocycles. The summed E-state index contributed by atoms with van der Waals surface area (Å²) in [5.74, 6) is -1.49. The number of carboxylic acids is 1. The van der Waals surface area contributed by atoms with Crippen LogP contribution in [0.25, 0.3) is 5.78 Å². The molecule has 2 aromatic heterocycles. The zero-order valence-electron chi connectivity index (χ0n) is 11.4. The fourth-order valence-electron chi connectivity index (χ4n) is 1.82. The molecule has 0 saturated heterocycles. The van der Waals surface area contributed by atoms with Gasteiger partial charge in [0.1, 0.15) is 6.04 Å². The molecule has 106 valence electrons. The molecule has 1 amide bonds. The number of aliphatic carboxylic acids is 1. The van der Waals surface area contributed by atoms with Gasteiger partial charge in [-0.2, -0.15) is 4.98 Å². The average molecular weight is 277 g/mol. The van der Waals surface area contributed by atoms with E-state index in [0.29, 0.717) is 5.78 Å². The largest absolute Gasteiger partial charge is 0.480 e. The van der Waals surface area contributed by atoms with Crippen molar-refractivity contribution < 1.29 is 14.7 Å². The summed E-state index contributed by atoms with van der Waals surface area (Å²) in [6.07, 6.45) is 0.283. The fraction of sp³-hybridized carbons (Fsp3) is 0.417. The van der Waals surface area contributed by atoms with Crippen molar-refractivity contribution in [3.05, 3.63) is 23.3 Å². The predicted molar refractivity (Wildman–Crippen MR) is 69.4 cm³/mol. The van der Waals surface area contributed by atoms with Crippen LogP contribution >= 0.6 is 0 Å². The predicted octanol–water partition coefficient (Wildman–Crippen LogP) is 0.334. The van der Waals surface area contributed by atoms with Crippen molar-refractivity contribution in [3.63, 3.8) is 0 Å². The van der Waals surface area contributed by atoms with Crippen molar-refractivity contribution in [2.24, 2.45) is 0 Å². The number of nitrogens with zero attached hydrogens (tertiary/aromatic N) is 4. The van der Waals surface area contributed by atoms with Gasteiger partial charge < -0.3 is 10.4 Å². The van der Waals surface area contributed by atoms with Gasteiger partial charge in [-0.25, -0.2) is 14.3 Å². The summed E-state index contributed by atoms with van der Waals surface area (Å²) in [5, 5.41) is 15.3. The average Bonchev–Trinajstić information content (AvgIpc) is 2.79. The highest BCUT2D eigenvalue weighted by atomic mass is 16.4. The second-order valence-electron chi connectivity index (χ2n) is 4.46. The zero-order valence-corrected chi connectivity index (χ0v) is 11.4. The number of fused-ring (bicyclic) bond motifs is 1. The summed E-state index contributed by atoms with van der Waals surface area (Å²) in [6, 6.07) is 0.861. The van der Waals surface area contributed by atoms with Gasteiger partial charge in [-0.05, 0) is 26.3 Å². The summed E-state index contributed by atoms with van der Waals surface area (Å²) in [7, 11) is 0. The second-order valence-corrected chi connectivity index (χ2v) is 4.46. The smallest absolute Gasteiger partial charge is 0.326 e. The van der Waals surface area contributed by atoms with Crippen LogP contribution in [-0.2, 0) is 4.79 Å². The number of hydrogen-bond acceptors (Lipinski definition) is 5. The van der Waals surface area contributed by atoms with Gasteiger partial charge in [-0.15, -0.1) is 5.10 Å². The van der Waals surface area contributed by atoms with Crippen LogP contribution in [0, 0.1) is 13.8 Å². The molecule has 8 nitrogen and oxygen atoms in total. The molecule has 0 bridgehead atoms. The molecule has 0 aliphatic rings. The highest BCUT2D eigenvalue weighted by Gasteiger charge is 2.21. The summed E-state index contributed by atoms with van der Waals surface area (Å²) < 4.78 is 1.45. The Morgan fingerprint density at radius 3 is 2.70 bits per heavy atom. The van der Waals surface area contributed by atoms with E-state index in [1.807, 2.05) is 19.9 Å². The van der Waals surface area contributed by atoms with Crippen LogP contribution in [0.1, 0.15) is 35.4 Å². The van der Waals surface area contributed by atoms with E-state index in [4.69, 9.17) is 5.11 Å². The molecule has 2 aromatic rings. The van der Waals surface area contributed by atoms with E-state index in [-0.39, 0.29) is 12.2 Å². The number of rotatable bonds is 4. The number of carbonyl (C=O) groups excluding carboxylic acids is 1. The third-order valence-corrected chi connectivity index (χ3v) is 2.83. The Morgan fingerprint density at radius 2 is 2.10 bits per heavy atom. The normalized spacial score (nSPS) is 12.3. The minimum atomic E-state index is -1.09. The third kappa shape index (κ3) is 2.58. The lowest BCUT2D eigenvalue weighted by atomic mass is 10.2. The lowest BCUT2D eigenvalue weighted by Crippen LogP contribution is -2.40. The Balaban J connectivity index is 2.31. The summed E-state index contributed by atoms with van der Waals surface area (Å²) >= 11 is 0. The Hall–Kier alpha value is -2.51. The fourth-order valence-corrected chi connectivity index (χ4v) is 1.82. The van der Waals surface area contributed by atoms with Crippen LogP contribution in [0.4, 0.5) is 0 Å². The van der Waals surface area contributed by atoms with Crippen molar-refractivity contribution in [2.45, 2.75) is 33.2 Å². The summed E-state index contributed by atoms with van der Waals surface area (Å²) in [6.45, 7) is 5.31. The molecule has 2 rings (SSSR count). The van der Waals surface area contributed by atoms with Crippen LogP contribution in [0.5, 0.6) is 0 Å². The molecule has 0 aromatic carbocycles. The van der Waals surface area contributed by atoms with Crippen molar-refractivity contribution in [1.29, 1.82) is 0 Å². The van der Waals surface area contributed by atoms with E-state index in [0.717, 1.165) is 11.4 Å². The molecule has 2 heterocycles. The molecule has 0 unspecified atom stereocenters. The van der Waals surface area contributed by atoms with Crippen LogP contribution < -0.4 is 5.32 Å². The number of hydrogen-bond donors (Lipinski definition) is 2. The number of carbonyl (C=O) groups is 2. The minimum absolute atomic E-state index is 0.0918. The van der Waals surface area contributed by atoms with Crippen LogP contribution in [0.3, 0.4) is 0 Å². The Bertz CT molecular complexity index is 679. The minimum Gasteiger partial charge on any atom is -0.480 e. The molecule has 8 heteroatoms. The molecule has 2 N–H and O–H groups in total. The van der Waals surface area contributed by atoms with Crippen molar-refractivity contribution in [1.82, 2.24) is 24.9 Å². The molecule has 0 aliphatic heterocycles. The molecule has 0 spiro atoms. The maximum atomic E-state index is 11.9. The molecule has 1 atom stereocenters. The maximum Gasteiger partial charge on any atom is 0.326 e. The molecular formula is C12H15N5O3. The van der Waals surface area contributed by atoms with Gasteiger partial charge in [0.15, 0.2) is 0 Å². The van der Waals surface area contributed by atoms with E-state index < -0.39 is 17.9 Å². The lowest BCUT2D eigenvalue weighted by Gasteiger charge is -2.09. The highest BCUT2D eigenvalue weighted by molar-refractivity contribution is 5.93. The zero-order chi connectivity index (χ0) is 14.9. The quantitative estimate of drug-likeness (QED) is 0.833. The first kappa shape index (κ1) is 13.9. The summed E-state index contributed by atoms with van der Waals surface area (Å²) in [4.78, 5) is 31.0. The van der Waals surface area contributed by atoms with E-state index in [2.05, 4.69) is 20.4 Å². The SMILES string of the molecule is CC[C@@H](NC(=O)c1nc2nc(C)cc(C)n2n1)C(=O)O. The standard InChI is InChI=1S/C12H15N5O3/c1-4-8(11(19)20)14-10(18)9-15-12-13-6(2)5-7(3)17(12)16-9/h5,8H,4H2,1-3H3,(H,14,18)(H,19,20)/t8-/m1/s1. The number of carboxylic acid groups (broad SMARTS) is 1. The van der Waals surface area contributed by atoms with Gasteiger partial charge in [0, 0.05) is 11.4 Å². The number of nitrogens with one attached hydrogen (secondary N) is 1. The topological polar surface area (TPSA) is 109 Å². The first-order valence-corrected chi connectivity index (χ1v) is 6.17. The number of amides is 1. The molecule has 0 fully saturated rings. The Morgan fingerprint density at radius 1 is 1.40 bits per heavy atom. The van der Waals surface area contributed by atoms with Crippen LogP contribution in [-0.4, -0.2) is 42.6 Å². The van der Waals surface area contributed by atoms with E-state index in [1.54, 1.807) is 6.92 Å². The maximum absolute atomic E-state index is 11.9. The number of aromatic nitrogens is 4. The highest BCUT2D eigenvalue weighted by Crippen LogP contribution is 2.05. The Kier molecular flexibility index (Phi) is 3.64. The molecule has 0 saturated carbocycles. The van der Waals surface area contributed by atoms with E-state index >= 15 is 0 Å². The third-order valence-electron chi connectivity index (χ3n) is 2.83. The molecule has 0 radical (unpaired) electrons. The molecule has 20 heavy (non-hydrogen) atoms. The Labute approximate surface area is 114 Å². The van der Waals surface area contributed by atoms with Gasteiger partial charge in [0.2, 0.25) is 5.82 Å². The van der Waals surface area contributed by atoms with Gasteiger partial charge in [0.25, 0.3) is 11.7 Å². The van der Waals surface area contributed by atoms with Crippen molar-refractivity contribution >= 4 is 17.7 Å². The van der Waals surface area contributed by atoms with Crippen molar-refractivity contribution in [2.75, 3.05) is 0 Å². The first-order chi connectivity index (χ1) is 9.42. The lowest BCUT2D eigenvalue weighted by molar-refractivity contribution is -0.139. The van der Waals surface area contributed by atoms with Crippen LogP contribution in [0.15, 0.2) is 6.07 Å². The first-order valence-electron chi connectivity index (χ1n) is 6.17.